The van der Waals surface area contributed by atoms with Gasteiger partial charge in [0.15, 0.2) is 17.5 Å². The first kappa shape index (κ1) is 26.9. The summed E-state index contributed by atoms with van der Waals surface area (Å²) in [6.45, 7) is 7.47. The van der Waals surface area contributed by atoms with Gasteiger partial charge >= 0.3 is 5.97 Å². The van der Waals surface area contributed by atoms with E-state index in [0.717, 1.165) is 5.69 Å². The minimum absolute atomic E-state index is 0.0562. The Morgan fingerprint density at radius 2 is 1.77 bits per heavy atom. The molecule has 0 aliphatic heterocycles. The second-order valence-electron chi connectivity index (χ2n) is 12.7. The van der Waals surface area contributed by atoms with Crippen LogP contribution in [0.3, 0.4) is 0 Å². The third-order valence-corrected chi connectivity index (χ3v) is 10.3. The molecule has 0 heterocycles. The number of carbonyl (C=O) groups excluding carboxylic acids is 2. The van der Waals surface area contributed by atoms with Gasteiger partial charge in [0.2, 0.25) is 0 Å². The summed E-state index contributed by atoms with van der Waals surface area (Å²) in [6.07, 6.45) is 1.23. The summed E-state index contributed by atoms with van der Waals surface area (Å²) in [5.74, 6) is -1.40. The summed E-state index contributed by atoms with van der Waals surface area (Å²) in [7, 11) is 0. The van der Waals surface area contributed by atoms with E-state index in [4.69, 9.17) is 4.74 Å². The maximum Gasteiger partial charge on any atom is 0.340 e. The maximum absolute atomic E-state index is 14.5. The average molecular weight is 544 g/mol. The monoisotopic (exact) mass is 543 g/mol. The van der Waals surface area contributed by atoms with Crippen molar-refractivity contribution in [2.45, 2.75) is 51.9 Å². The van der Waals surface area contributed by atoms with Gasteiger partial charge in [0, 0.05) is 11.6 Å². The molecule has 0 unspecified atom stereocenters. The lowest BCUT2D eigenvalue weighted by atomic mass is 9.59. The molecule has 1 spiro atoms. The number of anilines is 2. The molecule has 2 saturated carbocycles. The van der Waals surface area contributed by atoms with E-state index in [1.54, 1.807) is 43.3 Å². The van der Waals surface area contributed by atoms with Crippen LogP contribution < -0.4 is 5.32 Å². The highest BCUT2D eigenvalue weighted by Gasteiger charge is 2.76. The fourth-order valence-electron chi connectivity index (χ4n) is 8.21. The van der Waals surface area contributed by atoms with Crippen LogP contribution in [0.2, 0.25) is 0 Å². The quantitative estimate of drug-likeness (QED) is 0.326. The molecule has 0 radical (unpaired) electrons. The number of para-hydroxylation sites is 2. The highest BCUT2D eigenvalue weighted by atomic mass is 16.6. The molecule has 4 aliphatic rings. The number of hydrogen-bond donors (Lipinski definition) is 4. The number of hydrogen-bond acceptors (Lipinski definition) is 7. The molecule has 40 heavy (non-hydrogen) atoms. The topological polar surface area (TPSA) is 116 Å². The number of ether oxygens (including phenoxy) is 1. The summed E-state index contributed by atoms with van der Waals surface area (Å²) in [6, 6.07) is 16.3. The predicted octanol–water partition coefficient (Wildman–Crippen LogP) is 4.42. The number of aliphatic hydroxyl groups excluding tert-OH is 2. The number of carbonyl (C=O) groups is 2. The summed E-state index contributed by atoms with van der Waals surface area (Å²) in [5.41, 5.74) is -1.42. The van der Waals surface area contributed by atoms with Crippen molar-refractivity contribution in [1.82, 2.24) is 0 Å². The molecule has 7 nitrogen and oxygen atoms in total. The third kappa shape index (κ3) is 3.54. The van der Waals surface area contributed by atoms with Crippen molar-refractivity contribution in [3.63, 3.8) is 0 Å². The molecular formula is C33H37NO6. The van der Waals surface area contributed by atoms with Crippen molar-refractivity contribution in [2.75, 3.05) is 11.9 Å². The lowest BCUT2D eigenvalue weighted by Gasteiger charge is -2.48. The summed E-state index contributed by atoms with van der Waals surface area (Å²) in [4.78, 5) is 28.2. The number of rotatable bonds is 5. The summed E-state index contributed by atoms with van der Waals surface area (Å²) < 4.78 is 6.06. The normalized spacial score (nSPS) is 37.2. The number of ketones is 1. The first-order chi connectivity index (χ1) is 19.0. The fraction of sp³-hybridized carbons (Fsp3) is 0.455. The average Bonchev–Trinajstić information content (AvgIpc) is 3.43. The zero-order chi connectivity index (χ0) is 28.6. The Morgan fingerprint density at radius 1 is 1.10 bits per heavy atom. The molecule has 6 rings (SSSR count). The van der Waals surface area contributed by atoms with Crippen LogP contribution in [0, 0.1) is 34.5 Å². The van der Waals surface area contributed by atoms with Crippen LogP contribution in [0.1, 0.15) is 44.5 Å². The van der Waals surface area contributed by atoms with Gasteiger partial charge in [-0.1, -0.05) is 63.3 Å². The third-order valence-electron chi connectivity index (χ3n) is 10.3. The minimum atomic E-state index is -2.17. The lowest BCUT2D eigenvalue weighted by molar-refractivity contribution is -0.190. The van der Waals surface area contributed by atoms with Crippen molar-refractivity contribution in [3.05, 3.63) is 83.5 Å². The second kappa shape index (κ2) is 9.13. The Labute approximate surface area is 234 Å². The van der Waals surface area contributed by atoms with Crippen LogP contribution in [-0.2, 0) is 9.53 Å². The van der Waals surface area contributed by atoms with E-state index in [1.807, 2.05) is 37.3 Å². The molecule has 2 aromatic rings. The zero-order valence-electron chi connectivity index (χ0n) is 23.3. The number of fused-ring (bicyclic) bond motifs is 3. The van der Waals surface area contributed by atoms with Crippen LogP contribution in [0.4, 0.5) is 11.4 Å². The van der Waals surface area contributed by atoms with Gasteiger partial charge < -0.3 is 25.4 Å². The highest BCUT2D eigenvalue weighted by Crippen LogP contribution is 2.71. The van der Waals surface area contributed by atoms with E-state index in [2.05, 4.69) is 19.2 Å². The molecule has 2 fully saturated rings. The van der Waals surface area contributed by atoms with Gasteiger partial charge in [-0.15, -0.1) is 0 Å². The van der Waals surface area contributed by atoms with E-state index < -0.39 is 41.7 Å². The number of nitrogens with one attached hydrogen (secondary N) is 1. The predicted molar refractivity (Wildman–Crippen MR) is 151 cm³/mol. The van der Waals surface area contributed by atoms with Crippen molar-refractivity contribution < 1.29 is 29.6 Å². The highest BCUT2D eigenvalue weighted by molar-refractivity contribution is 5.98. The Balaban J connectivity index is 1.40. The first-order valence-electron chi connectivity index (χ1n) is 14.1. The van der Waals surface area contributed by atoms with Crippen LogP contribution in [0.15, 0.2) is 77.9 Å². The molecule has 0 saturated heterocycles. The summed E-state index contributed by atoms with van der Waals surface area (Å²) >= 11 is 0. The SMILES string of the molecule is CC1=C[C@@]23C(=O)[C@@H](C=C(CO)[C@@H](O)[C@]2(O)[C@H]1OC(=O)c1ccccc1Nc1ccccc1)[C@H]1[C@@H](C[C@H]3C)C1(C)C. The van der Waals surface area contributed by atoms with Gasteiger partial charge in [0.25, 0.3) is 0 Å². The van der Waals surface area contributed by atoms with Gasteiger partial charge in [-0.2, -0.15) is 0 Å². The molecule has 4 aliphatic carbocycles. The summed E-state index contributed by atoms with van der Waals surface area (Å²) in [5, 5.41) is 37.9. The van der Waals surface area contributed by atoms with Crippen molar-refractivity contribution >= 4 is 23.1 Å². The lowest BCUT2D eigenvalue weighted by Crippen LogP contribution is -2.65. The van der Waals surface area contributed by atoms with Crippen LogP contribution in [0.25, 0.3) is 0 Å². The van der Waals surface area contributed by atoms with Crippen LogP contribution in [-0.4, -0.2) is 51.5 Å². The van der Waals surface area contributed by atoms with E-state index in [9.17, 15) is 24.9 Å². The Kier molecular flexibility index (Phi) is 6.15. The zero-order valence-corrected chi connectivity index (χ0v) is 23.3. The van der Waals surface area contributed by atoms with Crippen molar-refractivity contribution in [2.24, 2.45) is 34.5 Å². The second-order valence-corrected chi connectivity index (χ2v) is 12.7. The number of aliphatic hydroxyl groups is 3. The minimum Gasteiger partial charge on any atom is -0.451 e. The molecule has 0 aromatic heterocycles. The number of allylic oxidation sites excluding steroid dienone is 1. The van der Waals surface area contributed by atoms with Gasteiger partial charge in [-0.25, -0.2) is 4.79 Å². The van der Waals surface area contributed by atoms with Crippen molar-refractivity contribution in [1.29, 1.82) is 0 Å². The molecule has 4 N–H and O–H groups in total. The fourth-order valence-corrected chi connectivity index (χ4v) is 8.21. The van der Waals surface area contributed by atoms with E-state index in [1.165, 1.54) is 0 Å². The first-order valence-corrected chi connectivity index (χ1v) is 14.1. The molecular weight excluding hydrogens is 506 g/mol. The molecule has 2 aromatic carbocycles. The van der Waals surface area contributed by atoms with Crippen LogP contribution in [0.5, 0.6) is 0 Å². The number of Topliss-reactive ketones (excluding diaryl/α,β-unsaturated/α-hetero) is 1. The van der Waals surface area contributed by atoms with E-state index in [0.29, 0.717) is 17.7 Å². The molecule has 0 amide bonds. The maximum atomic E-state index is 14.5. The molecule has 2 bridgehead atoms. The van der Waals surface area contributed by atoms with Crippen molar-refractivity contribution in [3.8, 4) is 0 Å². The van der Waals surface area contributed by atoms with E-state index >= 15 is 0 Å². The van der Waals surface area contributed by atoms with Crippen LogP contribution >= 0.6 is 0 Å². The Hall–Kier alpha value is -3.26. The molecule has 7 heteroatoms. The number of esters is 1. The smallest absolute Gasteiger partial charge is 0.340 e. The Bertz CT molecular complexity index is 1430. The van der Waals surface area contributed by atoms with Gasteiger partial charge in [0.05, 0.1) is 23.3 Å². The molecule has 210 valence electrons. The van der Waals surface area contributed by atoms with Gasteiger partial charge in [0.1, 0.15) is 6.10 Å². The van der Waals surface area contributed by atoms with E-state index in [-0.39, 0.29) is 40.1 Å². The van der Waals surface area contributed by atoms with Gasteiger partial charge in [-0.05, 0) is 71.9 Å². The van der Waals surface area contributed by atoms with Gasteiger partial charge in [-0.3, -0.25) is 4.79 Å². The standard InChI is InChI=1S/C33H37NO6/c1-18-16-32-19(2)14-24-26(31(24,3)4)23(28(32)37)15-20(17-35)27(36)33(32,39)29(18)40-30(38)22-12-8-9-13-25(22)34-21-10-6-5-7-11-21/h5-13,15-16,19,23-24,26-27,29,34-36,39H,14,17H2,1-4H3/t19-,23+,24-,26+,27-,29+,32-,33+/m1/s1. The number of benzene rings is 2. The Morgan fingerprint density at radius 3 is 2.48 bits per heavy atom. The largest absolute Gasteiger partial charge is 0.451 e. The molecule has 8 atom stereocenters.